The van der Waals surface area contributed by atoms with Crippen molar-refractivity contribution in [1.29, 1.82) is 0 Å². The Morgan fingerprint density at radius 3 is 1.59 bits per heavy atom. The highest BCUT2D eigenvalue weighted by Crippen LogP contribution is 2.51. The Labute approximate surface area is 446 Å². The number of anilines is 6. The van der Waals surface area contributed by atoms with E-state index in [9.17, 15) is 0 Å². The maximum absolute atomic E-state index is 7.25. The molecule has 0 saturated heterocycles. The molecule has 0 radical (unpaired) electrons. The van der Waals surface area contributed by atoms with Gasteiger partial charge in [0.05, 0.1) is 10.6 Å². The van der Waals surface area contributed by atoms with E-state index >= 15 is 0 Å². The fourth-order valence-corrected chi connectivity index (χ4v) is 15.0. The number of nitrogens with zero attached hydrogens (tertiary/aromatic N) is 2. The first-order chi connectivity index (χ1) is 37.7. The van der Waals surface area contributed by atoms with Crippen molar-refractivity contribution < 1.29 is 18.3 Å². The van der Waals surface area contributed by atoms with E-state index in [-0.39, 0.29) is 13.4 Å². The van der Waals surface area contributed by atoms with Crippen molar-refractivity contribution in [1.82, 2.24) is 0 Å². The lowest BCUT2D eigenvalue weighted by Gasteiger charge is -2.45. The summed E-state index contributed by atoms with van der Waals surface area (Å²) in [5, 5.41) is 4.25. The van der Waals surface area contributed by atoms with Gasteiger partial charge in [0.1, 0.15) is 39.7 Å². The van der Waals surface area contributed by atoms with E-state index < -0.39 is 0 Å². The van der Waals surface area contributed by atoms with Gasteiger partial charge in [-0.15, -0.1) is 0 Å². The Morgan fingerprint density at radius 1 is 0.342 bits per heavy atom. The minimum absolute atomic E-state index is 0.0329. The number of ether oxygens (including phenoxy) is 2. The summed E-state index contributed by atoms with van der Waals surface area (Å²) in [6, 6.07) is 81.8. The number of hydrogen-bond donors (Lipinski definition) is 0. The normalized spacial score (nSPS) is 13.6. The van der Waals surface area contributed by atoms with Gasteiger partial charge in [-0.2, -0.15) is 0 Å². The standard InChI is InChI=1S/C66H38B2N2O4S2/c1-5-17-39(18-6-1)69-54-38-59-52(68-50-26-14-16-28-58(50)76-66-62(68)60(75-59)36-48-46-32-30-44(34-57(46)74-65(48)66)72-42-23-11-4-12-24-42)37-51(54)67-49-25-13-15-27-53(49)70(40-19-7-2-8-20-40)63-61(67)55(69)35-47-45-31-29-43(33-56(45)73-64(47)63)71-41-21-9-3-10-22-41/h1-38H. The maximum atomic E-state index is 7.25. The predicted molar refractivity (Wildman–Crippen MR) is 314 cm³/mol. The van der Waals surface area contributed by atoms with Gasteiger partial charge in [0, 0.05) is 76.8 Å². The van der Waals surface area contributed by atoms with Crippen LogP contribution < -0.4 is 52.1 Å². The van der Waals surface area contributed by atoms with Gasteiger partial charge >= 0.3 is 0 Å². The molecule has 0 atom stereocenters. The summed E-state index contributed by atoms with van der Waals surface area (Å²) in [5.74, 6) is 3.02. The van der Waals surface area contributed by atoms with Crippen LogP contribution >= 0.6 is 23.5 Å². The second-order valence-corrected chi connectivity index (χ2v) is 22.0. The second-order valence-electron chi connectivity index (χ2n) is 19.8. The van der Waals surface area contributed by atoms with E-state index in [1.54, 1.807) is 0 Å². The van der Waals surface area contributed by atoms with Crippen LogP contribution in [0.15, 0.2) is 259 Å². The lowest BCUT2D eigenvalue weighted by atomic mass is 9.31. The van der Waals surface area contributed by atoms with Crippen LogP contribution in [0.2, 0.25) is 0 Å². The fourth-order valence-electron chi connectivity index (χ4n) is 12.5. The van der Waals surface area contributed by atoms with Gasteiger partial charge < -0.3 is 28.1 Å². The monoisotopic (exact) mass is 1010 g/mol. The molecule has 2 aromatic heterocycles. The van der Waals surface area contributed by atoms with Gasteiger partial charge in [0.25, 0.3) is 6.71 Å². The molecule has 0 N–H and O–H groups in total. The summed E-state index contributed by atoms with van der Waals surface area (Å²) in [5.41, 5.74) is 17.6. The minimum atomic E-state index is -0.139. The molecule has 10 heteroatoms. The van der Waals surface area contributed by atoms with Gasteiger partial charge in [-0.3, -0.25) is 0 Å². The van der Waals surface area contributed by atoms with Crippen LogP contribution in [0.25, 0.3) is 43.9 Å². The van der Waals surface area contributed by atoms with Crippen molar-refractivity contribution in [2.45, 2.75) is 19.6 Å². The van der Waals surface area contributed by atoms with Crippen molar-refractivity contribution in [3.05, 3.63) is 231 Å². The first-order valence-electron chi connectivity index (χ1n) is 25.6. The minimum Gasteiger partial charge on any atom is -0.457 e. The van der Waals surface area contributed by atoms with Gasteiger partial charge in [-0.1, -0.05) is 150 Å². The second kappa shape index (κ2) is 16.3. The number of furan rings is 2. The van der Waals surface area contributed by atoms with E-state index in [1.807, 2.05) is 96.3 Å². The SMILES string of the molecule is c1ccc(Oc2ccc3c(c2)oc2c4c5c(cc23)Sc2cc3c(cc2B5c2ccccc2S4)B2c4ccccc4N(c4ccccc4)c4c2c(cc2c4oc4cc(Oc5ccccc5)ccc42)N3c2ccccc2)cc1. The molecular weight excluding hydrogens is 970 g/mol. The predicted octanol–water partition coefficient (Wildman–Crippen LogP) is 14.6. The van der Waals surface area contributed by atoms with Crippen LogP contribution in [0.4, 0.5) is 34.1 Å². The molecule has 0 bridgehead atoms. The van der Waals surface area contributed by atoms with Gasteiger partial charge in [-0.25, -0.2) is 0 Å². The lowest BCUT2D eigenvalue weighted by Crippen LogP contribution is -2.64. The zero-order valence-electron chi connectivity index (χ0n) is 40.4. The largest absolute Gasteiger partial charge is 0.457 e. The fraction of sp³-hybridized carbons (Fsp3) is 0. The van der Waals surface area contributed by atoms with Gasteiger partial charge in [0.2, 0.25) is 6.71 Å². The molecule has 0 amide bonds. The molecule has 0 saturated carbocycles. The molecule has 11 aromatic carbocycles. The van der Waals surface area contributed by atoms with Crippen molar-refractivity contribution in [3.63, 3.8) is 0 Å². The number of para-hydroxylation sites is 5. The van der Waals surface area contributed by atoms with Crippen molar-refractivity contribution in [2.75, 3.05) is 9.80 Å². The zero-order chi connectivity index (χ0) is 49.6. The topological polar surface area (TPSA) is 51.2 Å². The molecule has 13 aromatic rings. The number of benzene rings is 11. The first kappa shape index (κ1) is 42.4. The summed E-state index contributed by atoms with van der Waals surface area (Å²) in [6.45, 7) is -0.172. The van der Waals surface area contributed by atoms with Gasteiger partial charge in [0.15, 0.2) is 5.58 Å². The molecule has 6 heterocycles. The quantitative estimate of drug-likeness (QED) is 0.153. The number of rotatable bonds is 6. The Bertz CT molecular complexity index is 4570. The number of hydrogen-bond acceptors (Lipinski definition) is 8. The summed E-state index contributed by atoms with van der Waals surface area (Å²) in [4.78, 5) is 9.87. The molecule has 0 aliphatic carbocycles. The van der Waals surface area contributed by atoms with Crippen LogP contribution in [0.1, 0.15) is 0 Å². The zero-order valence-corrected chi connectivity index (χ0v) is 42.1. The first-order valence-corrected chi connectivity index (χ1v) is 27.2. The third-order valence-electron chi connectivity index (χ3n) is 15.6. The van der Waals surface area contributed by atoms with Crippen molar-refractivity contribution in [3.8, 4) is 23.0 Å². The Kier molecular flexibility index (Phi) is 9.08. The highest BCUT2D eigenvalue weighted by atomic mass is 32.2. The van der Waals surface area contributed by atoms with E-state index in [2.05, 4.69) is 168 Å². The molecule has 4 aliphatic rings. The van der Waals surface area contributed by atoms with E-state index in [0.29, 0.717) is 0 Å². The van der Waals surface area contributed by atoms with Crippen molar-refractivity contribution in [2.24, 2.45) is 0 Å². The Balaban J connectivity index is 0.920. The van der Waals surface area contributed by atoms with Crippen LogP contribution in [-0.2, 0) is 0 Å². The highest BCUT2D eigenvalue weighted by molar-refractivity contribution is 8.01. The Hall–Kier alpha value is -8.95. The molecule has 17 rings (SSSR count). The third kappa shape index (κ3) is 6.22. The third-order valence-corrected chi connectivity index (χ3v) is 18.0. The molecule has 0 unspecified atom stereocenters. The Morgan fingerprint density at radius 2 is 0.908 bits per heavy atom. The van der Waals surface area contributed by atoms with Crippen molar-refractivity contribution >= 4 is 148 Å². The van der Waals surface area contributed by atoms with Crippen LogP contribution in [0.3, 0.4) is 0 Å². The summed E-state index contributed by atoms with van der Waals surface area (Å²) < 4.78 is 27.0. The van der Waals surface area contributed by atoms with Crippen LogP contribution in [-0.4, -0.2) is 13.4 Å². The molecule has 0 fully saturated rings. The lowest BCUT2D eigenvalue weighted by molar-refractivity contribution is 0.482. The van der Waals surface area contributed by atoms with Gasteiger partial charge in [-0.05, 0) is 125 Å². The smallest absolute Gasteiger partial charge is 0.252 e. The highest BCUT2D eigenvalue weighted by Gasteiger charge is 2.48. The number of fused-ring (bicyclic) bond motifs is 16. The summed E-state index contributed by atoms with van der Waals surface area (Å²) in [7, 11) is 0. The van der Waals surface area contributed by atoms with Crippen LogP contribution in [0.5, 0.6) is 23.0 Å². The molecule has 0 spiro atoms. The average molecular weight is 1010 g/mol. The molecule has 76 heavy (non-hydrogen) atoms. The average Bonchev–Trinajstić information content (AvgIpc) is 4.09. The van der Waals surface area contributed by atoms with E-state index in [1.165, 1.54) is 52.4 Å². The summed E-state index contributed by atoms with van der Waals surface area (Å²) >= 11 is 3.71. The molecular formula is C66H38B2N2O4S2. The van der Waals surface area contributed by atoms with E-state index in [4.69, 9.17) is 18.3 Å². The van der Waals surface area contributed by atoms with Crippen LogP contribution in [0, 0.1) is 0 Å². The molecule has 354 valence electrons. The maximum Gasteiger partial charge on any atom is 0.252 e. The summed E-state index contributed by atoms with van der Waals surface area (Å²) in [6.07, 6.45) is 0. The molecule has 6 nitrogen and oxygen atoms in total. The van der Waals surface area contributed by atoms with E-state index in [0.717, 1.165) is 101 Å². The molecule has 4 aliphatic heterocycles.